The van der Waals surface area contributed by atoms with Gasteiger partial charge in [0.05, 0.1) is 6.04 Å². The Hall–Kier alpha value is -1.84. The van der Waals surface area contributed by atoms with Crippen molar-refractivity contribution in [2.45, 2.75) is 40.2 Å². The van der Waals surface area contributed by atoms with Crippen LogP contribution < -0.4 is 5.32 Å². The largest absolute Gasteiger partial charge is 0.481 e. The van der Waals surface area contributed by atoms with Gasteiger partial charge in [0, 0.05) is 0 Å². The van der Waals surface area contributed by atoms with Crippen molar-refractivity contribution in [3.8, 4) is 0 Å². The highest BCUT2D eigenvalue weighted by atomic mass is 16.4. The minimum Gasteiger partial charge on any atom is -0.481 e. The number of nitrogens with one attached hydrogen (secondary N) is 1. The third kappa shape index (κ3) is 4.08. The van der Waals surface area contributed by atoms with Crippen molar-refractivity contribution in [2.24, 2.45) is 11.8 Å². The molecule has 1 aromatic rings. The molecular weight excluding hydrogens is 254 g/mol. The second-order valence-corrected chi connectivity index (χ2v) is 5.39. The summed E-state index contributed by atoms with van der Waals surface area (Å²) in [6, 6.07) is 7.90. The number of amides is 1. The number of benzene rings is 1. The van der Waals surface area contributed by atoms with E-state index in [0.29, 0.717) is 0 Å². The molecule has 110 valence electrons. The van der Waals surface area contributed by atoms with Gasteiger partial charge in [-0.2, -0.15) is 0 Å². The molecule has 0 spiro atoms. The van der Waals surface area contributed by atoms with Gasteiger partial charge in [-0.3, -0.25) is 9.59 Å². The molecule has 1 aromatic carbocycles. The van der Waals surface area contributed by atoms with E-state index in [0.717, 1.165) is 12.0 Å². The van der Waals surface area contributed by atoms with E-state index in [1.165, 1.54) is 12.5 Å². The van der Waals surface area contributed by atoms with Crippen molar-refractivity contribution in [3.63, 3.8) is 0 Å². The lowest BCUT2D eigenvalue weighted by Gasteiger charge is -2.24. The van der Waals surface area contributed by atoms with Gasteiger partial charge in [0.2, 0.25) is 5.91 Å². The maximum absolute atomic E-state index is 11.9. The monoisotopic (exact) mass is 277 g/mol. The average Bonchev–Trinajstić information content (AvgIpc) is 2.43. The van der Waals surface area contributed by atoms with Crippen LogP contribution in [-0.2, 0) is 16.0 Å². The molecule has 0 radical (unpaired) electrons. The van der Waals surface area contributed by atoms with Crippen LogP contribution in [0.15, 0.2) is 24.3 Å². The third-order valence-electron chi connectivity index (χ3n) is 3.48. The molecule has 0 fully saturated rings. The summed E-state index contributed by atoms with van der Waals surface area (Å²) in [5, 5.41) is 11.7. The van der Waals surface area contributed by atoms with E-state index in [9.17, 15) is 9.59 Å². The second-order valence-electron chi connectivity index (χ2n) is 5.39. The summed E-state index contributed by atoms with van der Waals surface area (Å²) in [6.45, 7) is 7.49. The van der Waals surface area contributed by atoms with Crippen LogP contribution in [0.25, 0.3) is 0 Å². The highest BCUT2D eigenvalue weighted by molar-refractivity contribution is 5.96. The van der Waals surface area contributed by atoms with Crippen molar-refractivity contribution in [1.82, 2.24) is 5.32 Å². The molecule has 4 heteroatoms. The van der Waals surface area contributed by atoms with Gasteiger partial charge >= 0.3 is 5.97 Å². The fraction of sp³-hybridized carbons (Fsp3) is 0.500. The van der Waals surface area contributed by atoms with Gasteiger partial charge in [-0.25, -0.2) is 0 Å². The van der Waals surface area contributed by atoms with Crippen LogP contribution in [-0.4, -0.2) is 17.0 Å². The Labute approximate surface area is 120 Å². The summed E-state index contributed by atoms with van der Waals surface area (Å²) < 4.78 is 0. The van der Waals surface area contributed by atoms with E-state index in [1.54, 1.807) is 0 Å². The van der Waals surface area contributed by atoms with E-state index < -0.39 is 17.8 Å². The molecule has 0 aliphatic carbocycles. The number of rotatable bonds is 6. The summed E-state index contributed by atoms with van der Waals surface area (Å²) in [4.78, 5) is 22.8. The van der Waals surface area contributed by atoms with Crippen LogP contribution in [0.4, 0.5) is 0 Å². The standard InChI is InChI=1S/C16H23NO3/c1-5-12-6-8-13(9-7-12)14(10(2)3)17-15(18)11(4)16(19)20/h6-11,14H,5H2,1-4H3,(H,17,18)(H,19,20). The number of carbonyl (C=O) groups excluding carboxylic acids is 1. The molecule has 4 nitrogen and oxygen atoms in total. The molecule has 2 atom stereocenters. The quantitative estimate of drug-likeness (QED) is 0.786. The highest BCUT2D eigenvalue weighted by Gasteiger charge is 2.25. The molecule has 0 saturated carbocycles. The normalized spacial score (nSPS) is 13.8. The smallest absolute Gasteiger partial charge is 0.315 e. The Bertz CT molecular complexity index is 465. The molecule has 0 aliphatic heterocycles. The molecule has 1 amide bonds. The van der Waals surface area contributed by atoms with Crippen LogP contribution in [0, 0.1) is 11.8 Å². The zero-order chi connectivity index (χ0) is 15.3. The first-order valence-electron chi connectivity index (χ1n) is 6.98. The lowest BCUT2D eigenvalue weighted by molar-refractivity contribution is -0.146. The van der Waals surface area contributed by atoms with Gasteiger partial charge in [0.25, 0.3) is 0 Å². The molecule has 0 heterocycles. The van der Waals surface area contributed by atoms with E-state index in [-0.39, 0.29) is 12.0 Å². The minimum atomic E-state index is -1.11. The molecule has 20 heavy (non-hydrogen) atoms. The maximum Gasteiger partial charge on any atom is 0.315 e. The van der Waals surface area contributed by atoms with Crippen molar-refractivity contribution < 1.29 is 14.7 Å². The van der Waals surface area contributed by atoms with Crippen LogP contribution in [0.3, 0.4) is 0 Å². The van der Waals surface area contributed by atoms with E-state index in [1.807, 2.05) is 38.1 Å². The van der Waals surface area contributed by atoms with Crippen LogP contribution >= 0.6 is 0 Å². The molecule has 0 aliphatic rings. The molecular formula is C16H23NO3. The van der Waals surface area contributed by atoms with E-state index >= 15 is 0 Å². The zero-order valence-corrected chi connectivity index (χ0v) is 12.5. The predicted molar refractivity (Wildman–Crippen MR) is 78.3 cm³/mol. The van der Waals surface area contributed by atoms with Crippen molar-refractivity contribution in [1.29, 1.82) is 0 Å². The van der Waals surface area contributed by atoms with E-state index in [2.05, 4.69) is 12.2 Å². The zero-order valence-electron chi connectivity index (χ0n) is 12.5. The Kier molecular flexibility index (Phi) is 5.74. The lowest BCUT2D eigenvalue weighted by Crippen LogP contribution is -2.38. The summed E-state index contributed by atoms with van der Waals surface area (Å²) in [6.07, 6.45) is 0.967. The molecule has 0 saturated heterocycles. The van der Waals surface area contributed by atoms with Gasteiger partial charge in [-0.1, -0.05) is 45.0 Å². The summed E-state index contributed by atoms with van der Waals surface area (Å²) in [7, 11) is 0. The van der Waals surface area contributed by atoms with Crippen molar-refractivity contribution in [3.05, 3.63) is 35.4 Å². The Morgan fingerprint density at radius 1 is 1.15 bits per heavy atom. The minimum absolute atomic E-state index is 0.171. The first kappa shape index (κ1) is 16.2. The van der Waals surface area contributed by atoms with Gasteiger partial charge in [0.1, 0.15) is 5.92 Å². The van der Waals surface area contributed by atoms with Crippen molar-refractivity contribution >= 4 is 11.9 Å². The first-order valence-corrected chi connectivity index (χ1v) is 6.98. The summed E-state index contributed by atoms with van der Waals surface area (Å²) in [5.74, 6) is -2.40. The number of hydrogen-bond donors (Lipinski definition) is 2. The second kappa shape index (κ2) is 7.08. The van der Waals surface area contributed by atoms with Gasteiger partial charge in [0.15, 0.2) is 0 Å². The SMILES string of the molecule is CCc1ccc(C(NC(=O)C(C)C(=O)O)C(C)C)cc1. The maximum atomic E-state index is 11.9. The number of carboxylic acid groups (broad SMARTS) is 1. The van der Waals surface area contributed by atoms with E-state index in [4.69, 9.17) is 5.11 Å². The number of aliphatic carboxylic acids is 1. The molecule has 0 aromatic heterocycles. The Morgan fingerprint density at radius 3 is 2.10 bits per heavy atom. The number of carboxylic acids is 1. The predicted octanol–water partition coefficient (Wildman–Crippen LogP) is 2.78. The molecule has 1 rings (SSSR count). The summed E-state index contributed by atoms with van der Waals surface area (Å²) in [5.41, 5.74) is 2.24. The third-order valence-corrected chi connectivity index (χ3v) is 3.48. The van der Waals surface area contributed by atoms with Gasteiger partial charge in [-0.15, -0.1) is 0 Å². The average molecular weight is 277 g/mol. The summed E-state index contributed by atoms with van der Waals surface area (Å²) >= 11 is 0. The molecule has 0 bridgehead atoms. The van der Waals surface area contributed by atoms with Crippen LogP contribution in [0.2, 0.25) is 0 Å². The Morgan fingerprint density at radius 2 is 1.70 bits per heavy atom. The number of carbonyl (C=O) groups is 2. The highest BCUT2D eigenvalue weighted by Crippen LogP contribution is 2.22. The number of hydrogen-bond acceptors (Lipinski definition) is 2. The Balaban J connectivity index is 2.88. The molecule has 2 N–H and O–H groups in total. The topological polar surface area (TPSA) is 66.4 Å². The number of aryl methyl sites for hydroxylation is 1. The van der Waals surface area contributed by atoms with Gasteiger partial charge < -0.3 is 10.4 Å². The fourth-order valence-corrected chi connectivity index (χ4v) is 1.99. The first-order chi connectivity index (χ1) is 9.36. The fourth-order valence-electron chi connectivity index (χ4n) is 1.99. The van der Waals surface area contributed by atoms with Gasteiger partial charge in [-0.05, 0) is 30.4 Å². The lowest BCUT2D eigenvalue weighted by atomic mass is 9.94. The van der Waals surface area contributed by atoms with Crippen molar-refractivity contribution in [2.75, 3.05) is 0 Å². The van der Waals surface area contributed by atoms with Crippen LogP contribution in [0.5, 0.6) is 0 Å². The molecule has 2 unspecified atom stereocenters. The van der Waals surface area contributed by atoms with Crippen LogP contribution in [0.1, 0.15) is 44.9 Å².